The van der Waals surface area contributed by atoms with Crippen LogP contribution >= 0.6 is 0 Å². The Morgan fingerprint density at radius 3 is 1.06 bits per heavy atom. The van der Waals surface area contributed by atoms with Crippen molar-refractivity contribution in [1.82, 2.24) is 0 Å². The molecule has 4 rings (SSSR count). The number of nitrogen functional groups attached to an aromatic ring is 1. The van der Waals surface area contributed by atoms with Gasteiger partial charge in [-0.15, -0.1) is 0 Å². The van der Waals surface area contributed by atoms with Crippen LogP contribution in [0.1, 0.15) is 81.0 Å². The Morgan fingerprint density at radius 2 is 0.764 bits per heavy atom. The van der Waals surface area contributed by atoms with Crippen LogP contribution in [0, 0.1) is 30.3 Å². The Balaban J connectivity index is 0.000000381. The fraction of sp³-hybridized carbons (Fsp3) is 0.304. The maximum atomic E-state index is 11.6. The fourth-order valence-electron chi connectivity index (χ4n) is 6.34. The second kappa shape index (κ2) is 28.2. The molecule has 14 N–H and O–H groups in total. The molecule has 0 saturated carbocycles. The second-order valence-electron chi connectivity index (χ2n) is 15.1. The number of nitrogens with two attached hydrogens (primary N) is 5. The normalized spacial score (nSPS) is 10.7. The molecule has 0 saturated heterocycles. The van der Waals surface area contributed by atoms with E-state index in [9.17, 15) is 49.5 Å². The lowest BCUT2D eigenvalue weighted by Crippen LogP contribution is -2.14. The number of benzene rings is 4. The molecule has 0 aliphatic heterocycles. The van der Waals surface area contributed by atoms with Gasteiger partial charge in [-0.05, 0) is 43.2 Å². The Hall–Kier alpha value is -9.36. The number of rotatable bonds is 29. The van der Waals surface area contributed by atoms with Crippen LogP contribution in [0.4, 0.5) is 45.5 Å². The largest absolute Gasteiger partial charge is 0.494 e. The average molecular weight is 1000 g/mol. The van der Waals surface area contributed by atoms with Gasteiger partial charge in [0, 0.05) is 66.6 Å². The second-order valence-corrected chi connectivity index (χ2v) is 15.1. The summed E-state index contributed by atoms with van der Waals surface area (Å²) in [6, 6.07) is 10.2. The number of nitro benzene ring substituents is 3. The number of unbranched alkanes of at least 4 members (excludes halogenated alkanes) is 2. The predicted octanol–water partition coefficient (Wildman–Crippen LogP) is 5.61. The summed E-state index contributed by atoms with van der Waals surface area (Å²) in [5.41, 5.74) is 27.2. The van der Waals surface area contributed by atoms with Gasteiger partial charge in [-0.2, -0.15) is 0 Å². The smallest absolute Gasteiger partial charge is 0.296 e. The molecule has 0 aliphatic carbocycles. The van der Waals surface area contributed by atoms with Gasteiger partial charge in [0.25, 0.3) is 17.1 Å². The van der Waals surface area contributed by atoms with Gasteiger partial charge in [0.15, 0.2) is 17.1 Å². The molecular formula is C46H58N12O14. The summed E-state index contributed by atoms with van der Waals surface area (Å²) in [5.74, 6) is -2.34. The first-order valence-corrected chi connectivity index (χ1v) is 22.0. The highest BCUT2D eigenvalue weighted by molar-refractivity contribution is 5.98. The molecule has 0 bridgehead atoms. The molecule has 0 unspecified atom stereocenters. The highest BCUT2D eigenvalue weighted by Crippen LogP contribution is 2.39. The number of anilines is 5. The maximum Gasteiger partial charge on any atom is 0.296 e. The van der Waals surface area contributed by atoms with E-state index in [2.05, 4.69) is 21.3 Å². The van der Waals surface area contributed by atoms with E-state index >= 15 is 0 Å². The topological polar surface area (TPSA) is 413 Å². The first-order chi connectivity index (χ1) is 34.3. The van der Waals surface area contributed by atoms with Crippen molar-refractivity contribution in [3.05, 3.63) is 125 Å². The van der Waals surface area contributed by atoms with Crippen molar-refractivity contribution in [1.29, 1.82) is 0 Å². The SMILES string of the molecule is CCCCOc1cc(C(N)=O)cc([N+](=O)[O-])c1NC/C=C/CNc1c(N)cc(C(N)=O)cc1OC.CCCCOc1cc(C(N)=O)cc([N+](=O)[O-])c1NC/C=C/CNc1c(OC)cc(C(N)=O)cc1[N+](=O)[O-]. The summed E-state index contributed by atoms with van der Waals surface area (Å²) >= 11 is 0. The number of ether oxygens (including phenoxy) is 4. The fourth-order valence-corrected chi connectivity index (χ4v) is 6.34. The first-order valence-electron chi connectivity index (χ1n) is 22.0. The van der Waals surface area contributed by atoms with Gasteiger partial charge >= 0.3 is 0 Å². The van der Waals surface area contributed by atoms with E-state index in [1.165, 1.54) is 44.6 Å². The predicted molar refractivity (Wildman–Crippen MR) is 270 cm³/mol. The highest BCUT2D eigenvalue weighted by Gasteiger charge is 2.25. The number of nitro groups is 3. The lowest BCUT2D eigenvalue weighted by atomic mass is 10.1. The highest BCUT2D eigenvalue weighted by atomic mass is 16.6. The van der Waals surface area contributed by atoms with Crippen molar-refractivity contribution in [3.8, 4) is 23.0 Å². The Bertz CT molecular complexity index is 2690. The van der Waals surface area contributed by atoms with Gasteiger partial charge in [-0.25, -0.2) is 0 Å². The minimum atomic E-state index is -0.838. The van der Waals surface area contributed by atoms with Crippen LogP contribution in [0.3, 0.4) is 0 Å². The average Bonchev–Trinajstić information content (AvgIpc) is 3.33. The van der Waals surface area contributed by atoms with Crippen molar-refractivity contribution in [2.24, 2.45) is 22.9 Å². The standard InChI is InChI=1S/C23H28N6O8.C23H30N6O6/c1-3-4-9-37-19-13-15(23(25)31)11-17(29(34)35)21(19)27-8-6-5-7-26-20-16(28(32)33)10-14(22(24)30)12-18(20)36-2;1-3-4-9-35-19-13-15(23(26)31)11-17(29(32)33)21(19)28-8-6-5-7-27-20-16(24)10-14(22(25)30)12-18(20)34-2/h5-6,10-13,26-27H,3-4,7-9H2,1-2H3,(H2,24,30)(H2,25,31);5-6,10-13,27-28H,3-4,7-9,24H2,1-2H3,(H2,25,30)(H2,26,31)/b2*6-5+. The zero-order chi connectivity index (χ0) is 53.5. The summed E-state index contributed by atoms with van der Waals surface area (Å²) in [5, 5.41) is 46.5. The van der Waals surface area contributed by atoms with E-state index in [1.807, 2.05) is 13.8 Å². The quantitative estimate of drug-likeness (QED) is 0.0105. The molecular weight excluding hydrogens is 945 g/mol. The molecule has 4 amide bonds. The lowest BCUT2D eigenvalue weighted by Gasteiger charge is -2.14. The van der Waals surface area contributed by atoms with E-state index in [0.717, 1.165) is 37.5 Å². The molecule has 26 nitrogen and oxygen atoms in total. The molecule has 0 atom stereocenters. The van der Waals surface area contributed by atoms with Crippen LogP contribution in [-0.2, 0) is 0 Å². The Kier molecular flexibility index (Phi) is 22.3. The van der Waals surface area contributed by atoms with Crippen LogP contribution in [-0.4, -0.2) is 92.0 Å². The van der Waals surface area contributed by atoms with Crippen molar-refractivity contribution in [3.63, 3.8) is 0 Å². The van der Waals surface area contributed by atoms with Crippen LogP contribution in [0.15, 0.2) is 72.8 Å². The number of methoxy groups -OCH3 is 2. The van der Waals surface area contributed by atoms with Crippen molar-refractivity contribution in [2.75, 3.05) is 80.6 Å². The van der Waals surface area contributed by atoms with Crippen LogP contribution in [0.25, 0.3) is 0 Å². The van der Waals surface area contributed by atoms with Gasteiger partial charge in [0.2, 0.25) is 23.6 Å². The molecule has 386 valence electrons. The van der Waals surface area contributed by atoms with Crippen LogP contribution < -0.4 is 68.9 Å². The monoisotopic (exact) mass is 1000 g/mol. The summed E-state index contributed by atoms with van der Waals surface area (Å²) in [6.07, 6.45) is 9.93. The van der Waals surface area contributed by atoms with Gasteiger partial charge < -0.3 is 68.9 Å². The molecule has 0 heterocycles. The molecule has 4 aromatic carbocycles. The molecule has 0 fully saturated rings. The van der Waals surface area contributed by atoms with Crippen molar-refractivity contribution < 1.29 is 52.9 Å². The third kappa shape index (κ3) is 16.4. The van der Waals surface area contributed by atoms with Gasteiger partial charge in [0.05, 0.1) is 47.9 Å². The third-order valence-electron chi connectivity index (χ3n) is 9.98. The number of amides is 4. The zero-order valence-corrected chi connectivity index (χ0v) is 39.9. The summed E-state index contributed by atoms with van der Waals surface area (Å²) in [4.78, 5) is 78.8. The van der Waals surface area contributed by atoms with E-state index in [0.29, 0.717) is 43.3 Å². The lowest BCUT2D eigenvalue weighted by molar-refractivity contribution is -0.384. The van der Waals surface area contributed by atoms with E-state index in [4.69, 9.17) is 47.6 Å². The van der Waals surface area contributed by atoms with E-state index < -0.39 is 44.1 Å². The van der Waals surface area contributed by atoms with Crippen LogP contribution in [0.5, 0.6) is 23.0 Å². The maximum absolute atomic E-state index is 11.6. The third-order valence-corrected chi connectivity index (χ3v) is 9.98. The first kappa shape index (κ1) is 57.0. The van der Waals surface area contributed by atoms with Gasteiger partial charge in [0.1, 0.15) is 28.7 Å². The number of hydrogen-bond donors (Lipinski definition) is 9. The zero-order valence-electron chi connectivity index (χ0n) is 39.9. The minimum absolute atomic E-state index is 0.0117. The number of nitrogens with zero attached hydrogens (tertiary/aromatic N) is 3. The molecule has 0 aromatic heterocycles. The van der Waals surface area contributed by atoms with Crippen LogP contribution in [0.2, 0.25) is 0 Å². The van der Waals surface area contributed by atoms with Gasteiger partial charge in [-0.3, -0.25) is 49.5 Å². The summed E-state index contributed by atoms with van der Waals surface area (Å²) in [7, 11) is 2.74. The number of carbonyl (C=O) groups excluding carboxylic acids is 4. The molecule has 26 heteroatoms. The van der Waals surface area contributed by atoms with Crippen molar-refractivity contribution >= 4 is 69.1 Å². The van der Waals surface area contributed by atoms with E-state index in [1.54, 1.807) is 24.3 Å². The number of primary amides is 4. The Morgan fingerprint density at radius 1 is 0.486 bits per heavy atom. The molecule has 0 radical (unpaired) electrons. The van der Waals surface area contributed by atoms with Crippen molar-refractivity contribution in [2.45, 2.75) is 39.5 Å². The number of carbonyl (C=O) groups is 4. The van der Waals surface area contributed by atoms with Gasteiger partial charge in [-0.1, -0.05) is 51.0 Å². The van der Waals surface area contributed by atoms with E-state index in [-0.39, 0.29) is 87.6 Å². The Labute approximate surface area is 412 Å². The number of hydrogen-bond acceptors (Lipinski definition) is 19. The minimum Gasteiger partial charge on any atom is -0.494 e. The molecule has 0 spiro atoms. The summed E-state index contributed by atoms with van der Waals surface area (Å²) in [6.45, 7) is 5.40. The molecule has 72 heavy (non-hydrogen) atoms. The number of nitrogens with one attached hydrogen (secondary N) is 4. The molecule has 4 aromatic rings. The summed E-state index contributed by atoms with van der Waals surface area (Å²) < 4.78 is 21.8. The molecule has 0 aliphatic rings.